The highest BCUT2D eigenvalue weighted by atomic mass is 16.3. The van der Waals surface area contributed by atoms with Gasteiger partial charge in [0.25, 0.3) is 5.91 Å². The lowest BCUT2D eigenvalue weighted by molar-refractivity contribution is 0.0963. The van der Waals surface area contributed by atoms with Gasteiger partial charge in [0.05, 0.1) is 24.4 Å². The third-order valence-corrected chi connectivity index (χ3v) is 6.56. The number of rotatable bonds is 6. The van der Waals surface area contributed by atoms with E-state index in [4.69, 9.17) is 10.2 Å². The fraction of sp³-hybridized carbons (Fsp3) is 0.292. The number of nitrogen functional groups attached to an aromatic ring is 1. The van der Waals surface area contributed by atoms with Gasteiger partial charge in [-0.25, -0.2) is 9.67 Å². The van der Waals surface area contributed by atoms with Crippen LogP contribution in [0.1, 0.15) is 10.4 Å². The van der Waals surface area contributed by atoms with Crippen molar-refractivity contribution in [2.45, 2.75) is 6.54 Å². The van der Waals surface area contributed by atoms with Crippen molar-refractivity contribution in [2.75, 3.05) is 50.4 Å². The first kappa shape index (κ1) is 22.0. The average molecular weight is 487 g/mol. The molecule has 0 unspecified atom stereocenters. The number of carbonyl (C=O) groups excluding carboxylic acids is 1. The van der Waals surface area contributed by atoms with E-state index < -0.39 is 0 Å². The van der Waals surface area contributed by atoms with Crippen LogP contribution in [0.2, 0.25) is 0 Å². The number of fused-ring (bicyclic) bond motifs is 3. The van der Waals surface area contributed by atoms with Crippen molar-refractivity contribution in [1.82, 2.24) is 39.6 Å². The summed E-state index contributed by atoms with van der Waals surface area (Å²) in [7, 11) is 1.64. The Hall–Kier alpha value is -4.45. The van der Waals surface area contributed by atoms with E-state index in [1.54, 1.807) is 31.6 Å². The maximum atomic E-state index is 11.8. The second-order valence-corrected chi connectivity index (χ2v) is 8.68. The smallest absolute Gasteiger partial charge is 0.251 e. The molecule has 5 aromatic rings. The molecule has 6 rings (SSSR count). The number of aromatic nitrogens is 6. The van der Waals surface area contributed by atoms with Crippen LogP contribution in [0.4, 0.5) is 11.6 Å². The Morgan fingerprint density at radius 3 is 2.58 bits per heavy atom. The van der Waals surface area contributed by atoms with E-state index in [1.807, 2.05) is 28.9 Å². The van der Waals surface area contributed by atoms with Crippen molar-refractivity contribution in [3.8, 4) is 11.6 Å². The number of furan rings is 1. The van der Waals surface area contributed by atoms with Crippen LogP contribution in [0.25, 0.3) is 28.3 Å². The molecule has 1 amide bonds. The first-order chi connectivity index (χ1) is 17.6. The van der Waals surface area contributed by atoms with Crippen molar-refractivity contribution in [3.63, 3.8) is 0 Å². The Morgan fingerprint density at radius 1 is 1.06 bits per heavy atom. The number of hydrogen-bond acceptors (Lipinski definition) is 9. The first-order valence-electron chi connectivity index (χ1n) is 11.8. The Morgan fingerprint density at radius 2 is 1.86 bits per heavy atom. The Bertz CT molecular complexity index is 1510. The van der Waals surface area contributed by atoms with E-state index in [0.29, 0.717) is 35.0 Å². The highest BCUT2D eigenvalue weighted by Crippen LogP contribution is 2.23. The van der Waals surface area contributed by atoms with Gasteiger partial charge in [-0.2, -0.15) is 14.6 Å². The van der Waals surface area contributed by atoms with E-state index >= 15 is 0 Å². The summed E-state index contributed by atoms with van der Waals surface area (Å²) in [4.78, 5) is 25.7. The lowest BCUT2D eigenvalue weighted by atomic mass is 10.1. The third kappa shape index (κ3) is 3.90. The van der Waals surface area contributed by atoms with Gasteiger partial charge in [-0.05, 0) is 36.4 Å². The number of benzene rings is 1. The van der Waals surface area contributed by atoms with Crippen molar-refractivity contribution in [2.24, 2.45) is 0 Å². The van der Waals surface area contributed by atoms with Crippen molar-refractivity contribution in [3.05, 3.63) is 54.4 Å². The summed E-state index contributed by atoms with van der Waals surface area (Å²) in [5.74, 6) is 1.20. The number of anilines is 2. The Labute approximate surface area is 206 Å². The lowest BCUT2D eigenvalue weighted by Gasteiger charge is -2.36. The zero-order valence-electron chi connectivity index (χ0n) is 19.8. The fourth-order valence-electron chi connectivity index (χ4n) is 4.56. The monoisotopic (exact) mass is 486 g/mol. The first-order valence-corrected chi connectivity index (χ1v) is 11.8. The van der Waals surface area contributed by atoms with Crippen LogP contribution in [0.5, 0.6) is 0 Å². The van der Waals surface area contributed by atoms with Gasteiger partial charge in [0.1, 0.15) is 0 Å². The zero-order chi connectivity index (χ0) is 24.6. The van der Waals surface area contributed by atoms with Crippen LogP contribution in [0, 0.1) is 0 Å². The van der Waals surface area contributed by atoms with Gasteiger partial charge in [0, 0.05) is 51.0 Å². The Kier molecular flexibility index (Phi) is 5.49. The molecule has 0 atom stereocenters. The van der Waals surface area contributed by atoms with Crippen LogP contribution < -0.4 is 16.0 Å². The van der Waals surface area contributed by atoms with Gasteiger partial charge in [-0.1, -0.05) is 0 Å². The minimum atomic E-state index is -0.0727. The van der Waals surface area contributed by atoms with Crippen LogP contribution in [-0.2, 0) is 6.54 Å². The van der Waals surface area contributed by atoms with Crippen LogP contribution in [0.15, 0.2) is 53.3 Å². The molecule has 0 bridgehead atoms. The van der Waals surface area contributed by atoms with Crippen LogP contribution in [-0.4, -0.2) is 79.9 Å². The number of carbonyl (C=O) groups is 1. The topological polar surface area (TPSA) is 136 Å². The zero-order valence-corrected chi connectivity index (χ0v) is 19.8. The minimum absolute atomic E-state index is 0.0727. The SMILES string of the molecule is CNC(=O)c1ccc(N2CCN(CCn3ncc4c3nc(N)n3nc(-c5ccco5)nc43)CC2)cc1. The molecule has 4 aromatic heterocycles. The van der Waals surface area contributed by atoms with E-state index in [0.717, 1.165) is 43.8 Å². The minimum Gasteiger partial charge on any atom is -0.461 e. The second kappa shape index (κ2) is 8.96. The number of piperazine rings is 1. The maximum absolute atomic E-state index is 11.8. The number of amides is 1. The molecule has 184 valence electrons. The molecule has 0 saturated carbocycles. The largest absolute Gasteiger partial charge is 0.461 e. The maximum Gasteiger partial charge on any atom is 0.251 e. The summed E-state index contributed by atoms with van der Waals surface area (Å²) in [5.41, 5.74) is 9.29. The highest BCUT2D eigenvalue weighted by Gasteiger charge is 2.20. The molecule has 36 heavy (non-hydrogen) atoms. The number of nitrogens with two attached hydrogens (primary N) is 1. The molecule has 1 saturated heterocycles. The third-order valence-electron chi connectivity index (χ3n) is 6.56. The molecule has 3 N–H and O–H groups in total. The van der Waals surface area contributed by atoms with E-state index in [-0.39, 0.29) is 11.9 Å². The molecule has 0 spiro atoms. The molecule has 1 aromatic carbocycles. The summed E-state index contributed by atoms with van der Waals surface area (Å²) in [5, 5.41) is 12.4. The van der Waals surface area contributed by atoms with Gasteiger partial charge in [-0.15, -0.1) is 5.10 Å². The predicted octanol–water partition coefficient (Wildman–Crippen LogP) is 1.50. The van der Waals surface area contributed by atoms with Crippen molar-refractivity contribution in [1.29, 1.82) is 0 Å². The number of nitrogens with one attached hydrogen (secondary N) is 1. The van der Waals surface area contributed by atoms with Gasteiger partial charge >= 0.3 is 0 Å². The second-order valence-electron chi connectivity index (χ2n) is 8.68. The summed E-state index contributed by atoms with van der Waals surface area (Å²) >= 11 is 0. The molecule has 12 heteroatoms. The molecule has 0 radical (unpaired) electrons. The Balaban J connectivity index is 1.12. The molecule has 5 heterocycles. The van der Waals surface area contributed by atoms with Crippen LogP contribution >= 0.6 is 0 Å². The van der Waals surface area contributed by atoms with E-state index in [2.05, 4.69) is 35.3 Å². The quantitative estimate of drug-likeness (QED) is 0.366. The average Bonchev–Trinajstić information content (AvgIpc) is 3.67. The summed E-state index contributed by atoms with van der Waals surface area (Å²) in [6.07, 6.45) is 3.34. The van der Waals surface area contributed by atoms with Gasteiger partial charge < -0.3 is 20.4 Å². The van der Waals surface area contributed by atoms with Crippen molar-refractivity contribution < 1.29 is 9.21 Å². The molecule has 0 aliphatic carbocycles. The van der Waals surface area contributed by atoms with E-state index in [1.165, 1.54) is 4.52 Å². The number of nitrogens with zero attached hydrogens (tertiary/aromatic N) is 8. The molecule has 12 nitrogen and oxygen atoms in total. The lowest BCUT2D eigenvalue weighted by Crippen LogP contribution is -2.47. The summed E-state index contributed by atoms with van der Waals surface area (Å²) < 4.78 is 8.81. The predicted molar refractivity (Wildman–Crippen MR) is 135 cm³/mol. The molecule has 1 aliphatic heterocycles. The highest BCUT2D eigenvalue weighted by molar-refractivity contribution is 5.94. The fourth-order valence-corrected chi connectivity index (χ4v) is 4.56. The normalized spacial score (nSPS) is 14.6. The molecule has 1 aliphatic rings. The molecular weight excluding hydrogens is 460 g/mol. The van der Waals surface area contributed by atoms with Crippen LogP contribution in [0.3, 0.4) is 0 Å². The molecule has 1 fully saturated rings. The summed E-state index contributed by atoms with van der Waals surface area (Å²) in [6.45, 7) is 5.24. The summed E-state index contributed by atoms with van der Waals surface area (Å²) in [6, 6.07) is 11.3. The number of hydrogen-bond donors (Lipinski definition) is 2. The van der Waals surface area contributed by atoms with Gasteiger partial charge in [-0.3, -0.25) is 9.69 Å². The van der Waals surface area contributed by atoms with Gasteiger partial charge in [0.2, 0.25) is 11.8 Å². The molecular formula is C24H26N10O2. The van der Waals surface area contributed by atoms with Gasteiger partial charge in [0.15, 0.2) is 17.1 Å². The van der Waals surface area contributed by atoms with E-state index in [9.17, 15) is 4.79 Å². The van der Waals surface area contributed by atoms with Crippen molar-refractivity contribution >= 4 is 34.2 Å². The standard InChI is InChI=1S/C24H26N10O2/c1-26-23(35)16-4-6-17(7-5-16)32-11-8-31(9-12-32)10-13-33-21-18(15-27-33)22-28-20(19-3-2-14-36-19)30-34(22)24(25)29-21/h2-7,14-15H,8-13H2,1H3,(H2,25,29)(H,26,35).